The molecule has 2 aromatic heterocycles. The SMILES string of the molecule is CCc1noc(Cn2ccc(CNCCOC)c2)n1. The van der Waals surface area contributed by atoms with Crippen molar-refractivity contribution in [1.29, 1.82) is 0 Å². The zero-order chi connectivity index (χ0) is 13.5. The van der Waals surface area contributed by atoms with E-state index in [1.165, 1.54) is 5.56 Å². The highest BCUT2D eigenvalue weighted by Gasteiger charge is 2.05. The molecule has 0 aliphatic heterocycles. The molecular formula is C13H20N4O2. The van der Waals surface area contributed by atoms with Crippen LogP contribution < -0.4 is 5.32 Å². The van der Waals surface area contributed by atoms with E-state index in [2.05, 4.69) is 27.7 Å². The van der Waals surface area contributed by atoms with Crippen molar-refractivity contribution in [3.63, 3.8) is 0 Å². The predicted molar refractivity (Wildman–Crippen MR) is 70.8 cm³/mol. The number of aromatic nitrogens is 3. The van der Waals surface area contributed by atoms with Crippen molar-refractivity contribution in [3.05, 3.63) is 35.7 Å². The van der Waals surface area contributed by atoms with E-state index in [0.717, 1.165) is 31.9 Å². The van der Waals surface area contributed by atoms with Crippen molar-refractivity contribution >= 4 is 0 Å². The summed E-state index contributed by atoms with van der Waals surface area (Å²) >= 11 is 0. The van der Waals surface area contributed by atoms with E-state index >= 15 is 0 Å². The van der Waals surface area contributed by atoms with Gasteiger partial charge in [0.05, 0.1) is 6.61 Å². The molecule has 0 radical (unpaired) electrons. The number of rotatable bonds is 8. The van der Waals surface area contributed by atoms with Crippen molar-refractivity contribution in [1.82, 2.24) is 20.0 Å². The molecule has 0 aromatic carbocycles. The van der Waals surface area contributed by atoms with Gasteiger partial charge in [-0.05, 0) is 11.6 Å². The molecular weight excluding hydrogens is 244 g/mol. The monoisotopic (exact) mass is 264 g/mol. The number of ether oxygens (including phenoxy) is 1. The molecule has 0 saturated heterocycles. The number of aryl methyl sites for hydroxylation is 1. The van der Waals surface area contributed by atoms with Gasteiger partial charge in [-0.15, -0.1) is 0 Å². The fourth-order valence-electron chi connectivity index (χ4n) is 1.75. The lowest BCUT2D eigenvalue weighted by Crippen LogP contribution is -2.18. The fourth-order valence-corrected chi connectivity index (χ4v) is 1.75. The summed E-state index contributed by atoms with van der Waals surface area (Å²) in [5, 5.41) is 7.19. The Morgan fingerprint density at radius 1 is 1.47 bits per heavy atom. The van der Waals surface area contributed by atoms with Crippen LogP contribution in [0.1, 0.15) is 24.2 Å². The Morgan fingerprint density at radius 3 is 3.11 bits per heavy atom. The van der Waals surface area contributed by atoms with E-state index in [1.807, 2.05) is 17.7 Å². The van der Waals surface area contributed by atoms with Gasteiger partial charge in [-0.2, -0.15) is 4.98 Å². The van der Waals surface area contributed by atoms with Crippen molar-refractivity contribution in [2.45, 2.75) is 26.4 Å². The first-order valence-corrected chi connectivity index (χ1v) is 6.47. The summed E-state index contributed by atoms with van der Waals surface area (Å²) in [6, 6.07) is 2.08. The number of nitrogens with one attached hydrogen (secondary N) is 1. The van der Waals surface area contributed by atoms with Crippen LogP contribution in [0.5, 0.6) is 0 Å². The van der Waals surface area contributed by atoms with Gasteiger partial charge in [0.2, 0.25) is 5.89 Å². The third-order valence-electron chi connectivity index (χ3n) is 2.77. The minimum Gasteiger partial charge on any atom is -0.383 e. The molecule has 0 aliphatic rings. The molecule has 1 N–H and O–H groups in total. The van der Waals surface area contributed by atoms with Crippen molar-refractivity contribution in [3.8, 4) is 0 Å². The molecule has 2 heterocycles. The highest BCUT2D eigenvalue weighted by molar-refractivity contribution is 5.10. The molecule has 0 bridgehead atoms. The van der Waals surface area contributed by atoms with Crippen molar-refractivity contribution in [2.24, 2.45) is 0 Å². The molecule has 2 aromatic rings. The summed E-state index contributed by atoms with van der Waals surface area (Å²) < 4.78 is 12.2. The predicted octanol–water partition coefficient (Wildman–Crippen LogP) is 1.22. The number of nitrogens with zero attached hydrogens (tertiary/aromatic N) is 3. The molecule has 0 saturated carbocycles. The number of hydrogen-bond donors (Lipinski definition) is 1. The van der Waals surface area contributed by atoms with Gasteiger partial charge in [-0.1, -0.05) is 12.1 Å². The molecule has 0 spiro atoms. The second-order valence-corrected chi connectivity index (χ2v) is 4.32. The Hall–Kier alpha value is -1.66. The first-order valence-electron chi connectivity index (χ1n) is 6.47. The van der Waals surface area contributed by atoms with Gasteiger partial charge >= 0.3 is 0 Å². The lowest BCUT2D eigenvalue weighted by Gasteiger charge is -2.01. The van der Waals surface area contributed by atoms with Gasteiger partial charge < -0.3 is 19.1 Å². The second-order valence-electron chi connectivity index (χ2n) is 4.32. The summed E-state index contributed by atoms with van der Waals surface area (Å²) in [6.07, 6.45) is 4.89. The van der Waals surface area contributed by atoms with Crippen LogP contribution in [-0.2, 0) is 24.2 Å². The minimum atomic E-state index is 0.616. The molecule has 6 nitrogen and oxygen atoms in total. The highest BCUT2D eigenvalue weighted by atomic mass is 16.5. The van der Waals surface area contributed by atoms with Gasteiger partial charge in [0.25, 0.3) is 0 Å². The maximum atomic E-state index is 5.17. The summed E-state index contributed by atoms with van der Waals surface area (Å²) in [5.74, 6) is 1.40. The maximum Gasteiger partial charge on any atom is 0.246 e. The van der Waals surface area contributed by atoms with Crippen LogP contribution in [0.15, 0.2) is 23.0 Å². The Bertz CT molecular complexity index is 492. The lowest BCUT2D eigenvalue weighted by atomic mass is 10.3. The van der Waals surface area contributed by atoms with E-state index in [9.17, 15) is 0 Å². The summed E-state index contributed by atoms with van der Waals surface area (Å²) in [7, 11) is 1.70. The largest absolute Gasteiger partial charge is 0.383 e. The van der Waals surface area contributed by atoms with E-state index in [-0.39, 0.29) is 0 Å². The van der Waals surface area contributed by atoms with Crippen LogP contribution in [0.3, 0.4) is 0 Å². The molecule has 6 heteroatoms. The third-order valence-corrected chi connectivity index (χ3v) is 2.77. The molecule has 104 valence electrons. The third kappa shape index (κ3) is 4.18. The number of hydrogen-bond acceptors (Lipinski definition) is 5. The summed E-state index contributed by atoms with van der Waals surface area (Å²) in [5.41, 5.74) is 1.23. The Balaban J connectivity index is 1.83. The quantitative estimate of drug-likeness (QED) is 0.726. The Kier molecular flexibility index (Phi) is 5.11. The van der Waals surface area contributed by atoms with Crippen LogP contribution >= 0.6 is 0 Å². The van der Waals surface area contributed by atoms with Gasteiger partial charge in [0, 0.05) is 39.0 Å². The van der Waals surface area contributed by atoms with Crippen LogP contribution in [0.2, 0.25) is 0 Å². The average Bonchev–Trinajstić information content (AvgIpc) is 3.05. The highest BCUT2D eigenvalue weighted by Crippen LogP contribution is 2.05. The first-order chi connectivity index (χ1) is 9.31. The average molecular weight is 264 g/mol. The molecule has 19 heavy (non-hydrogen) atoms. The zero-order valence-corrected chi connectivity index (χ0v) is 11.4. The molecule has 0 unspecified atom stereocenters. The topological polar surface area (TPSA) is 65.1 Å². The summed E-state index contributed by atoms with van der Waals surface area (Å²) in [4.78, 5) is 4.29. The zero-order valence-electron chi connectivity index (χ0n) is 11.4. The van der Waals surface area contributed by atoms with Crippen LogP contribution in [-0.4, -0.2) is 35.0 Å². The fraction of sp³-hybridized carbons (Fsp3) is 0.538. The maximum absolute atomic E-state index is 5.17. The molecule has 0 amide bonds. The molecule has 0 fully saturated rings. The second kappa shape index (κ2) is 7.06. The van der Waals surface area contributed by atoms with Gasteiger partial charge in [0.1, 0.15) is 6.54 Å². The Morgan fingerprint density at radius 2 is 2.37 bits per heavy atom. The van der Waals surface area contributed by atoms with E-state index in [4.69, 9.17) is 9.26 Å². The minimum absolute atomic E-state index is 0.616. The van der Waals surface area contributed by atoms with E-state index < -0.39 is 0 Å². The Labute approximate surface area is 112 Å². The first kappa shape index (κ1) is 13.8. The lowest BCUT2D eigenvalue weighted by molar-refractivity contribution is 0.199. The van der Waals surface area contributed by atoms with E-state index in [0.29, 0.717) is 12.4 Å². The van der Waals surface area contributed by atoms with Crippen molar-refractivity contribution in [2.75, 3.05) is 20.3 Å². The van der Waals surface area contributed by atoms with Crippen LogP contribution in [0.4, 0.5) is 0 Å². The number of methoxy groups -OCH3 is 1. The van der Waals surface area contributed by atoms with E-state index in [1.54, 1.807) is 7.11 Å². The molecule has 0 atom stereocenters. The van der Waals surface area contributed by atoms with Crippen LogP contribution in [0.25, 0.3) is 0 Å². The summed E-state index contributed by atoms with van der Waals surface area (Å²) in [6.45, 7) is 5.03. The standard InChI is InChI=1S/C13H20N4O2/c1-3-12-15-13(19-16-12)10-17-6-4-11(9-17)8-14-5-7-18-2/h4,6,9,14H,3,5,7-8,10H2,1-2H3. The van der Waals surface area contributed by atoms with Gasteiger partial charge in [0.15, 0.2) is 5.82 Å². The van der Waals surface area contributed by atoms with Crippen LogP contribution in [0, 0.1) is 0 Å². The van der Waals surface area contributed by atoms with Gasteiger partial charge in [-0.25, -0.2) is 0 Å². The smallest absolute Gasteiger partial charge is 0.246 e. The normalized spacial score (nSPS) is 11.1. The van der Waals surface area contributed by atoms with Crippen molar-refractivity contribution < 1.29 is 9.26 Å². The molecule has 0 aliphatic carbocycles. The van der Waals surface area contributed by atoms with Gasteiger partial charge in [-0.3, -0.25) is 0 Å². The molecule has 2 rings (SSSR count).